The lowest BCUT2D eigenvalue weighted by molar-refractivity contribution is -0.146. The van der Waals surface area contributed by atoms with Gasteiger partial charge >= 0.3 is 5.97 Å². The third kappa shape index (κ3) is 4.56. The minimum absolute atomic E-state index is 0.0582. The molecule has 4 N–H and O–H groups in total. The van der Waals surface area contributed by atoms with Crippen LogP contribution in [0.25, 0.3) is 11.5 Å². The quantitative estimate of drug-likeness (QED) is 0.147. The van der Waals surface area contributed by atoms with Gasteiger partial charge in [-0.15, -0.1) is 21.5 Å². The Labute approximate surface area is 220 Å². The molecule has 5 rings (SSSR count). The fraction of sp³-hybridized carbons (Fsp3) is 0.250. The number of nitrogens with two attached hydrogens (primary N) is 1. The number of anilines is 1. The molecule has 3 aromatic rings. The molecule has 2 aliphatic rings. The highest BCUT2D eigenvalue weighted by Crippen LogP contribution is 2.55. The number of oxime groups is 1. The molecular formula is C20H17N7O7S3. The van der Waals surface area contributed by atoms with Crippen molar-refractivity contribution < 1.29 is 33.2 Å². The van der Waals surface area contributed by atoms with Crippen LogP contribution in [0.1, 0.15) is 12.1 Å². The van der Waals surface area contributed by atoms with E-state index in [-0.39, 0.29) is 45.6 Å². The van der Waals surface area contributed by atoms with Crippen molar-refractivity contribution >= 4 is 64.0 Å². The number of rotatable bonds is 9. The number of furan rings is 1. The Morgan fingerprint density at radius 1 is 1.49 bits per heavy atom. The number of amides is 2. The van der Waals surface area contributed by atoms with E-state index in [2.05, 4.69) is 30.5 Å². The summed E-state index contributed by atoms with van der Waals surface area (Å²) in [5.41, 5.74) is 6.69. The molecule has 17 heteroatoms. The van der Waals surface area contributed by atoms with Gasteiger partial charge in [-0.3, -0.25) is 14.5 Å². The summed E-state index contributed by atoms with van der Waals surface area (Å²) in [5, 5.41) is 25.9. The Hall–Kier alpha value is -3.83. The van der Waals surface area contributed by atoms with E-state index in [0.29, 0.717) is 11.3 Å². The molecule has 2 atom stereocenters. The Balaban J connectivity index is 1.59. The third-order valence-electron chi connectivity index (χ3n) is 5.34. The molecule has 1 fully saturated rings. The number of carbonyl (C=O) groups excluding carboxylic acids is 2. The Kier molecular flexibility index (Phi) is 6.65. The molecule has 2 amide bonds. The van der Waals surface area contributed by atoms with E-state index in [0.717, 1.165) is 29.3 Å². The third-order valence-corrected chi connectivity index (χ3v) is 8.42. The maximum Gasteiger partial charge on any atom is 0.352 e. The van der Waals surface area contributed by atoms with Crippen LogP contribution in [-0.2, 0) is 24.1 Å². The fourth-order valence-electron chi connectivity index (χ4n) is 3.78. The van der Waals surface area contributed by atoms with E-state index in [9.17, 15) is 19.5 Å². The van der Waals surface area contributed by atoms with Gasteiger partial charge in [0.05, 0.1) is 29.3 Å². The highest BCUT2D eigenvalue weighted by Gasteiger charge is 2.57. The molecule has 0 spiro atoms. The summed E-state index contributed by atoms with van der Waals surface area (Å²) in [6.45, 7) is 0. The number of fused-ring (bicyclic) bond motifs is 1. The number of carboxylic acid groups (broad SMARTS) is 1. The van der Waals surface area contributed by atoms with Crippen molar-refractivity contribution in [2.75, 3.05) is 18.6 Å². The van der Waals surface area contributed by atoms with Crippen LogP contribution < -0.4 is 11.1 Å². The number of β-lactam (4-membered cyclic amide) rings is 1. The molecule has 0 radical (unpaired) electrons. The maximum atomic E-state index is 12.8. The highest BCUT2D eigenvalue weighted by molar-refractivity contribution is 8.01. The second kappa shape index (κ2) is 9.91. The molecule has 0 saturated carbocycles. The summed E-state index contributed by atoms with van der Waals surface area (Å²) in [4.78, 5) is 46.5. The number of nitrogens with one attached hydrogen (secondary N) is 1. The molecule has 192 valence electrons. The first-order valence-electron chi connectivity index (χ1n) is 10.4. The van der Waals surface area contributed by atoms with E-state index in [4.69, 9.17) is 14.6 Å². The minimum Gasteiger partial charge on any atom is -0.477 e. The summed E-state index contributed by atoms with van der Waals surface area (Å²) >= 11 is 3.34. The molecule has 0 bridgehead atoms. The molecule has 1 unspecified atom stereocenters. The summed E-state index contributed by atoms with van der Waals surface area (Å²) < 4.78 is 10.7. The van der Waals surface area contributed by atoms with Crippen molar-refractivity contribution in [3.63, 3.8) is 0 Å². The molecular weight excluding hydrogens is 546 g/mol. The van der Waals surface area contributed by atoms with E-state index in [1.165, 1.54) is 36.3 Å². The van der Waals surface area contributed by atoms with Crippen molar-refractivity contribution in [1.29, 1.82) is 0 Å². The van der Waals surface area contributed by atoms with E-state index < -0.39 is 22.1 Å². The van der Waals surface area contributed by atoms with Crippen LogP contribution in [0.3, 0.4) is 0 Å². The normalized spacial score (nSPS) is 21.2. The number of aromatic nitrogens is 3. The topological polar surface area (TPSA) is 199 Å². The van der Waals surface area contributed by atoms with Crippen LogP contribution >= 0.6 is 34.9 Å². The van der Waals surface area contributed by atoms with E-state index in [1.807, 2.05) is 0 Å². The predicted octanol–water partition coefficient (Wildman–Crippen LogP) is 1.71. The van der Waals surface area contributed by atoms with E-state index in [1.54, 1.807) is 11.4 Å². The van der Waals surface area contributed by atoms with Crippen LogP contribution in [0, 0.1) is 0 Å². The van der Waals surface area contributed by atoms with Crippen LogP contribution in [-0.4, -0.2) is 67.4 Å². The van der Waals surface area contributed by atoms with Crippen molar-refractivity contribution in [2.24, 2.45) is 5.16 Å². The standard InChI is InChI=1S/C20H17N7O7S3/c1-32-22-5-12(28)24-20(11-8-35-18(21)23-11)10(15(17(30)31)27-13(29)4-14(27)37-20)7-36-19-26-25-16(34-19)9-2-3-33-6-9/h2-3,5-6,8,14H,4,7H2,1H3,(H2,21,23)(H,24,28)(H,30,31)/t14-,20?/m0/s1. The fourth-order valence-corrected chi connectivity index (χ4v) is 7.08. The highest BCUT2D eigenvalue weighted by atomic mass is 32.2. The van der Waals surface area contributed by atoms with Gasteiger partial charge in [-0.25, -0.2) is 9.78 Å². The van der Waals surface area contributed by atoms with Gasteiger partial charge in [-0.1, -0.05) is 28.7 Å². The number of carbonyl (C=O) groups is 3. The second-order valence-corrected chi connectivity index (χ2v) is 10.7. The molecule has 1 saturated heterocycles. The van der Waals surface area contributed by atoms with Gasteiger partial charge in [0.15, 0.2) is 10.0 Å². The summed E-state index contributed by atoms with van der Waals surface area (Å²) in [5.74, 6) is -2.21. The zero-order valence-corrected chi connectivity index (χ0v) is 21.3. The van der Waals surface area contributed by atoms with Gasteiger partial charge in [0, 0.05) is 16.7 Å². The molecule has 14 nitrogen and oxygen atoms in total. The maximum absolute atomic E-state index is 12.8. The first-order chi connectivity index (χ1) is 17.8. The van der Waals surface area contributed by atoms with Crippen molar-refractivity contribution in [3.8, 4) is 11.5 Å². The summed E-state index contributed by atoms with van der Waals surface area (Å²) in [7, 11) is 1.28. The average molecular weight is 564 g/mol. The average Bonchev–Trinajstić information content (AvgIpc) is 3.63. The lowest BCUT2D eigenvalue weighted by Crippen LogP contribution is -2.61. The molecule has 0 aromatic carbocycles. The number of carboxylic acids is 1. The van der Waals surface area contributed by atoms with Crippen molar-refractivity contribution in [2.45, 2.75) is 21.9 Å². The lowest BCUT2D eigenvalue weighted by atomic mass is 9.98. The van der Waals surface area contributed by atoms with Gasteiger partial charge in [0.1, 0.15) is 25.3 Å². The monoisotopic (exact) mass is 563 g/mol. The SMILES string of the molecule is CON=CC(=O)NC1(c2csc(N)n2)S[C@H]2CC(=O)N2C(C(=O)O)=C1CSc1nnc(-c2ccoc2)o1. The van der Waals surface area contributed by atoms with Crippen molar-refractivity contribution in [1.82, 2.24) is 25.4 Å². The second-order valence-electron chi connectivity index (χ2n) is 7.51. The zero-order chi connectivity index (χ0) is 26.2. The number of thiazole rings is 1. The van der Waals surface area contributed by atoms with Gasteiger partial charge in [0.2, 0.25) is 5.91 Å². The molecule has 5 heterocycles. The zero-order valence-electron chi connectivity index (χ0n) is 18.8. The number of thioether (sulfide) groups is 2. The van der Waals surface area contributed by atoms with Gasteiger partial charge in [-0.2, -0.15) is 0 Å². The molecule has 0 aliphatic carbocycles. The smallest absolute Gasteiger partial charge is 0.352 e. The number of hydrogen-bond acceptors (Lipinski definition) is 14. The van der Waals surface area contributed by atoms with Gasteiger partial charge < -0.3 is 29.8 Å². The molecule has 37 heavy (non-hydrogen) atoms. The first kappa shape index (κ1) is 24.8. The van der Waals surface area contributed by atoms with Crippen LogP contribution in [0.4, 0.5) is 5.13 Å². The van der Waals surface area contributed by atoms with Gasteiger partial charge in [-0.05, 0) is 6.07 Å². The largest absolute Gasteiger partial charge is 0.477 e. The van der Waals surface area contributed by atoms with Crippen LogP contribution in [0.2, 0.25) is 0 Å². The van der Waals surface area contributed by atoms with Crippen molar-refractivity contribution in [3.05, 3.63) is 40.9 Å². The molecule has 2 aliphatic heterocycles. The predicted molar refractivity (Wildman–Crippen MR) is 132 cm³/mol. The van der Waals surface area contributed by atoms with Gasteiger partial charge in [0.25, 0.3) is 17.0 Å². The van der Waals surface area contributed by atoms with E-state index >= 15 is 0 Å². The Bertz CT molecular complexity index is 1420. The first-order valence-corrected chi connectivity index (χ1v) is 13.1. The number of hydrogen-bond donors (Lipinski definition) is 3. The summed E-state index contributed by atoms with van der Waals surface area (Å²) in [6.07, 6.45) is 3.90. The minimum atomic E-state index is -1.50. The number of nitrogen functional groups attached to an aromatic ring is 1. The summed E-state index contributed by atoms with van der Waals surface area (Å²) in [6, 6.07) is 1.65. The van der Waals surface area contributed by atoms with Crippen LogP contribution in [0.15, 0.2) is 54.5 Å². The number of nitrogens with zero attached hydrogens (tertiary/aromatic N) is 5. The molecule has 3 aromatic heterocycles. The van der Waals surface area contributed by atoms with Crippen LogP contribution in [0.5, 0.6) is 0 Å². The Morgan fingerprint density at radius 3 is 2.97 bits per heavy atom. The number of aliphatic carboxylic acids is 1. The Morgan fingerprint density at radius 2 is 2.32 bits per heavy atom. The lowest BCUT2D eigenvalue weighted by Gasteiger charge is -2.51.